The van der Waals surface area contributed by atoms with E-state index in [1.54, 1.807) is 0 Å². The summed E-state index contributed by atoms with van der Waals surface area (Å²) >= 11 is 0. The summed E-state index contributed by atoms with van der Waals surface area (Å²) in [5.41, 5.74) is 0. The van der Waals surface area contributed by atoms with Crippen molar-refractivity contribution in [3.05, 3.63) is 0 Å². The quantitative estimate of drug-likeness (QED) is 0.576. The van der Waals surface area contributed by atoms with Gasteiger partial charge in [0.2, 0.25) is 0 Å². The minimum atomic E-state index is 0.644. The highest BCUT2D eigenvalue weighted by Gasteiger charge is 2.25. The van der Waals surface area contributed by atoms with Crippen LogP contribution in [0.3, 0.4) is 0 Å². The fourth-order valence-electron chi connectivity index (χ4n) is 1.31. The standard InChI is InChI=1S/C7H15NO.C2H6/c1-6-4-9-5-7(6)8(2)3;1-2/h6-7H,4-5H2,1-3H3;1-2H3/t6-,7-;/m0./s1. The Morgan fingerprint density at radius 1 is 1.18 bits per heavy atom. The molecule has 0 aromatic heterocycles. The van der Waals surface area contributed by atoms with Crippen LogP contribution in [0.25, 0.3) is 0 Å². The van der Waals surface area contributed by atoms with Crippen LogP contribution in [0.5, 0.6) is 0 Å². The highest BCUT2D eigenvalue weighted by atomic mass is 16.5. The molecular weight excluding hydrogens is 138 g/mol. The first kappa shape index (κ1) is 10.9. The molecule has 0 N–H and O–H groups in total. The van der Waals surface area contributed by atoms with Crippen LogP contribution in [-0.4, -0.2) is 38.3 Å². The average molecular weight is 159 g/mol. The number of rotatable bonds is 1. The Morgan fingerprint density at radius 2 is 1.73 bits per heavy atom. The molecule has 68 valence electrons. The normalized spacial score (nSPS) is 30.0. The van der Waals surface area contributed by atoms with Crippen molar-refractivity contribution in [3.8, 4) is 0 Å². The molecule has 11 heavy (non-hydrogen) atoms. The van der Waals surface area contributed by atoms with Gasteiger partial charge >= 0.3 is 0 Å². The van der Waals surface area contributed by atoms with Gasteiger partial charge in [-0.2, -0.15) is 0 Å². The summed E-state index contributed by atoms with van der Waals surface area (Å²) in [6.07, 6.45) is 0. The van der Waals surface area contributed by atoms with E-state index in [4.69, 9.17) is 4.74 Å². The van der Waals surface area contributed by atoms with Gasteiger partial charge in [0.1, 0.15) is 0 Å². The monoisotopic (exact) mass is 159 g/mol. The largest absolute Gasteiger partial charge is 0.379 e. The van der Waals surface area contributed by atoms with Crippen molar-refractivity contribution in [2.75, 3.05) is 27.3 Å². The summed E-state index contributed by atoms with van der Waals surface area (Å²) in [5, 5.41) is 0. The van der Waals surface area contributed by atoms with E-state index >= 15 is 0 Å². The lowest BCUT2D eigenvalue weighted by molar-refractivity contribution is 0.169. The maximum Gasteiger partial charge on any atom is 0.0625 e. The maximum absolute atomic E-state index is 5.29. The third-order valence-corrected chi connectivity index (χ3v) is 1.99. The van der Waals surface area contributed by atoms with E-state index in [2.05, 4.69) is 25.9 Å². The summed E-state index contributed by atoms with van der Waals surface area (Å²) in [5.74, 6) is 0.708. The van der Waals surface area contributed by atoms with Crippen LogP contribution in [0, 0.1) is 5.92 Å². The Morgan fingerprint density at radius 3 is 1.91 bits per heavy atom. The van der Waals surface area contributed by atoms with Crippen molar-refractivity contribution >= 4 is 0 Å². The number of hydrogen-bond acceptors (Lipinski definition) is 2. The molecule has 1 aliphatic rings. The highest BCUT2D eigenvalue weighted by Crippen LogP contribution is 2.15. The first-order valence-corrected chi connectivity index (χ1v) is 4.46. The molecule has 0 amide bonds. The van der Waals surface area contributed by atoms with E-state index in [1.807, 2.05) is 13.8 Å². The topological polar surface area (TPSA) is 12.5 Å². The molecule has 0 spiro atoms. The fourth-order valence-corrected chi connectivity index (χ4v) is 1.31. The van der Waals surface area contributed by atoms with Gasteiger partial charge in [-0.05, 0) is 20.0 Å². The van der Waals surface area contributed by atoms with E-state index in [9.17, 15) is 0 Å². The van der Waals surface area contributed by atoms with Gasteiger partial charge in [-0.1, -0.05) is 20.8 Å². The van der Waals surface area contributed by atoms with Crippen LogP contribution in [0.15, 0.2) is 0 Å². The third-order valence-electron chi connectivity index (χ3n) is 1.99. The lowest BCUT2D eigenvalue weighted by atomic mass is 10.1. The average Bonchev–Trinajstić information content (AvgIpc) is 2.39. The van der Waals surface area contributed by atoms with Crippen molar-refractivity contribution in [1.29, 1.82) is 0 Å². The number of ether oxygens (including phenoxy) is 1. The second-order valence-corrected chi connectivity index (χ2v) is 3.05. The zero-order valence-corrected chi connectivity index (χ0v) is 8.42. The SMILES string of the molecule is CC.C[C@H]1COC[C@@H]1N(C)C. The van der Waals surface area contributed by atoms with E-state index in [1.165, 1.54) is 0 Å². The summed E-state index contributed by atoms with van der Waals surface area (Å²) in [4.78, 5) is 2.23. The second kappa shape index (κ2) is 5.56. The van der Waals surface area contributed by atoms with Crippen molar-refractivity contribution in [1.82, 2.24) is 4.90 Å². The molecule has 2 atom stereocenters. The van der Waals surface area contributed by atoms with E-state index in [-0.39, 0.29) is 0 Å². The van der Waals surface area contributed by atoms with Crippen molar-refractivity contribution in [3.63, 3.8) is 0 Å². The molecule has 0 bridgehead atoms. The minimum absolute atomic E-state index is 0.644. The second-order valence-electron chi connectivity index (χ2n) is 3.05. The van der Waals surface area contributed by atoms with Crippen molar-refractivity contribution in [2.45, 2.75) is 26.8 Å². The first-order valence-electron chi connectivity index (χ1n) is 4.46. The number of hydrogen-bond donors (Lipinski definition) is 0. The third kappa shape index (κ3) is 3.21. The summed E-state index contributed by atoms with van der Waals surface area (Å²) < 4.78 is 5.29. The molecule has 2 nitrogen and oxygen atoms in total. The fraction of sp³-hybridized carbons (Fsp3) is 1.00. The Kier molecular flexibility index (Phi) is 5.51. The zero-order chi connectivity index (χ0) is 8.85. The summed E-state index contributed by atoms with van der Waals surface area (Å²) in [7, 11) is 4.21. The molecule has 1 saturated heterocycles. The molecule has 0 radical (unpaired) electrons. The van der Waals surface area contributed by atoms with Crippen LogP contribution >= 0.6 is 0 Å². The van der Waals surface area contributed by atoms with Gasteiger partial charge in [0.25, 0.3) is 0 Å². The lowest BCUT2D eigenvalue weighted by Gasteiger charge is -2.20. The highest BCUT2D eigenvalue weighted by molar-refractivity contribution is 4.77. The molecule has 1 aliphatic heterocycles. The van der Waals surface area contributed by atoms with Gasteiger partial charge in [-0.15, -0.1) is 0 Å². The predicted molar refractivity (Wildman–Crippen MR) is 48.8 cm³/mol. The van der Waals surface area contributed by atoms with Crippen LogP contribution in [0.2, 0.25) is 0 Å². The zero-order valence-electron chi connectivity index (χ0n) is 8.42. The predicted octanol–water partition coefficient (Wildman–Crippen LogP) is 1.61. The molecule has 1 fully saturated rings. The molecular formula is C9H21NO. The molecule has 2 heteroatoms. The smallest absolute Gasteiger partial charge is 0.0625 e. The Hall–Kier alpha value is -0.0800. The van der Waals surface area contributed by atoms with Gasteiger partial charge in [-0.25, -0.2) is 0 Å². The number of likely N-dealkylation sites (N-methyl/N-ethyl adjacent to an activating group) is 1. The van der Waals surface area contributed by atoms with E-state index in [0.29, 0.717) is 12.0 Å². The summed E-state index contributed by atoms with van der Waals surface area (Å²) in [6, 6.07) is 0.644. The van der Waals surface area contributed by atoms with Crippen LogP contribution < -0.4 is 0 Å². The van der Waals surface area contributed by atoms with Crippen LogP contribution in [0.4, 0.5) is 0 Å². The molecule has 0 saturated carbocycles. The van der Waals surface area contributed by atoms with Crippen molar-refractivity contribution in [2.24, 2.45) is 5.92 Å². The van der Waals surface area contributed by atoms with Crippen LogP contribution in [0.1, 0.15) is 20.8 Å². The van der Waals surface area contributed by atoms with Gasteiger partial charge in [0, 0.05) is 6.04 Å². The Balaban J connectivity index is 0.000000461. The molecule has 0 unspecified atom stereocenters. The Bertz CT molecular complexity index is 93.6. The molecule has 0 aliphatic carbocycles. The molecule has 1 heterocycles. The number of nitrogens with zero attached hydrogens (tertiary/aromatic N) is 1. The van der Waals surface area contributed by atoms with Gasteiger partial charge in [0.05, 0.1) is 13.2 Å². The van der Waals surface area contributed by atoms with Crippen molar-refractivity contribution < 1.29 is 4.74 Å². The molecule has 0 aromatic rings. The van der Waals surface area contributed by atoms with Gasteiger partial charge in [0.15, 0.2) is 0 Å². The maximum atomic E-state index is 5.29. The molecule has 0 aromatic carbocycles. The van der Waals surface area contributed by atoms with E-state index < -0.39 is 0 Å². The van der Waals surface area contributed by atoms with Crippen LogP contribution in [-0.2, 0) is 4.74 Å². The van der Waals surface area contributed by atoms with Gasteiger partial charge < -0.3 is 9.64 Å². The first-order chi connectivity index (χ1) is 5.22. The Labute approximate surface area is 70.5 Å². The molecule has 1 rings (SSSR count). The minimum Gasteiger partial charge on any atom is -0.379 e. The van der Waals surface area contributed by atoms with E-state index in [0.717, 1.165) is 13.2 Å². The lowest BCUT2D eigenvalue weighted by Crippen LogP contribution is -2.32. The summed E-state index contributed by atoms with van der Waals surface area (Å²) in [6.45, 7) is 8.08. The van der Waals surface area contributed by atoms with Gasteiger partial charge in [-0.3, -0.25) is 0 Å².